The summed E-state index contributed by atoms with van der Waals surface area (Å²) >= 11 is 0. The van der Waals surface area contributed by atoms with Crippen LogP contribution >= 0.6 is 0 Å². The Morgan fingerprint density at radius 1 is 1.09 bits per heavy atom. The Bertz CT molecular complexity index is 768. The van der Waals surface area contributed by atoms with Crippen molar-refractivity contribution in [3.63, 3.8) is 0 Å². The highest BCUT2D eigenvalue weighted by molar-refractivity contribution is 5.54. The van der Waals surface area contributed by atoms with Gasteiger partial charge in [-0.15, -0.1) is 0 Å². The first-order valence-electron chi connectivity index (χ1n) is 7.86. The van der Waals surface area contributed by atoms with Crippen molar-refractivity contribution in [2.75, 3.05) is 11.9 Å². The van der Waals surface area contributed by atoms with Gasteiger partial charge in [-0.2, -0.15) is 4.98 Å². The minimum absolute atomic E-state index is 0.192. The molecule has 2 aromatic heterocycles. The highest BCUT2D eigenvalue weighted by Crippen LogP contribution is 2.44. The number of aromatic nitrogens is 3. The van der Waals surface area contributed by atoms with E-state index in [0.717, 1.165) is 11.3 Å². The third-order valence-electron chi connectivity index (χ3n) is 4.23. The van der Waals surface area contributed by atoms with Gasteiger partial charge in [-0.05, 0) is 48.2 Å². The molecule has 1 aromatic carbocycles. The normalized spacial score (nSPS) is 15.3. The van der Waals surface area contributed by atoms with E-state index >= 15 is 0 Å². The van der Waals surface area contributed by atoms with Crippen LogP contribution in [0.4, 0.5) is 5.95 Å². The summed E-state index contributed by atoms with van der Waals surface area (Å²) in [5, 5.41) is 4.16. The molecule has 5 nitrogen and oxygen atoms in total. The average Bonchev–Trinajstić information content (AvgIpc) is 3.31. The molecule has 0 bridgehead atoms. The van der Waals surface area contributed by atoms with Crippen molar-refractivity contribution in [1.82, 2.24) is 15.1 Å². The molecule has 1 aliphatic carbocycles. The van der Waals surface area contributed by atoms with E-state index in [9.17, 15) is 0 Å². The molecule has 2 heterocycles. The summed E-state index contributed by atoms with van der Waals surface area (Å²) in [6, 6.07) is 16.1. The summed E-state index contributed by atoms with van der Waals surface area (Å²) in [6.07, 6.45) is 4.27. The van der Waals surface area contributed by atoms with Gasteiger partial charge >= 0.3 is 0 Å². The maximum Gasteiger partial charge on any atom is 0.266 e. The van der Waals surface area contributed by atoms with Crippen LogP contribution in [0.5, 0.6) is 0 Å². The lowest BCUT2D eigenvalue weighted by atomic mass is 10.1. The molecule has 0 spiro atoms. The number of hydrogen-bond acceptors (Lipinski definition) is 5. The van der Waals surface area contributed by atoms with Crippen LogP contribution in [0.25, 0.3) is 11.5 Å². The summed E-state index contributed by atoms with van der Waals surface area (Å²) in [5.74, 6) is 1.75. The lowest BCUT2D eigenvalue weighted by molar-refractivity contribution is 0.426. The topological polar surface area (TPSA) is 55.1 Å². The van der Waals surface area contributed by atoms with Gasteiger partial charge in [0.25, 0.3) is 11.8 Å². The molecule has 3 aromatic rings. The lowest BCUT2D eigenvalue weighted by Crippen LogP contribution is -2.27. The standard InChI is InChI=1S/C18H18N4O/c1-22(16(13-10-11-13)15-9-5-6-12-19-15)18-20-17(23-21-18)14-7-3-2-4-8-14/h2-9,12-13,16H,10-11H2,1H3. The van der Waals surface area contributed by atoms with Crippen LogP contribution in [0.1, 0.15) is 24.6 Å². The first-order chi connectivity index (χ1) is 11.3. The molecular weight excluding hydrogens is 288 g/mol. The van der Waals surface area contributed by atoms with Crippen molar-refractivity contribution in [3.8, 4) is 11.5 Å². The van der Waals surface area contributed by atoms with Gasteiger partial charge in [-0.3, -0.25) is 4.98 Å². The number of nitrogens with zero attached hydrogens (tertiary/aromatic N) is 4. The zero-order valence-corrected chi connectivity index (χ0v) is 13.0. The van der Waals surface area contributed by atoms with E-state index in [-0.39, 0.29) is 6.04 Å². The third kappa shape index (κ3) is 2.82. The molecule has 4 rings (SSSR count). The van der Waals surface area contributed by atoms with Crippen LogP contribution in [0, 0.1) is 5.92 Å². The second kappa shape index (κ2) is 5.83. The quantitative estimate of drug-likeness (QED) is 0.719. The van der Waals surface area contributed by atoms with Crippen molar-refractivity contribution in [2.45, 2.75) is 18.9 Å². The Labute approximate surface area is 135 Å². The predicted octanol–water partition coefficient (Wildman–Crippen LogP) is 3.72. The first-order valence-corrected chi connectivity index (χ1v) is 7.86. The van der Waals surface area contributed by atoms with Crippen LogP contribution < -0.4 is 4.90 Å². The average molecular weight is 306 g/mol. The first kappa shape index (κ1) is 13.9. The molecule has 23 heavy (non-hydrogen) atoms. The Morgan fingerprint density at radius 3 is 2.57 bits per heavy atom. The fraction of sp³-hybridized carbons (Fsp3) is 0.278. The fourth-order valence-corrected chi connectivity index (χ4v) is 2.90. The summed E-state index contributed by atoms with van der Waals surface area (Å²) in [4.78, 5) is 11.2. The number of rotatable bonds is 5. The van der Waals surface area contributed by atoms with E-state index in [4.69, 9.17) is 4.52 Å². The Balaban J connectivity index is 1.63. The van der Waals surface area contributed by atoms with Crippen LogP contribution in [0.2, 0.25) is 0 Å². The van der Waals surface area contributed by atoms with Crippen LogP contribution in [-0.4, -0.2) is 22.2 Å². The molecule has 0 aliphatic heterocycles. The highest BCUT2D eigenvalue weighted by atomic mass is 16.5. The molecule has 5 heteroatoms. The lowest BCUT2D eigenvalue weighted by Gasteiger charge is -2.26. The molecular formula is C18H18N4O. The van der Waals surface area contributed by atoms with Crippen molar-refractivity contribution in [1.29, 1.82) is 0 Å². The molecule has 1 fully saturated rings. The molecule has 0 N–H and O–H groups in total. The van der Waals surface area contributed by atoms with Crippen LogP contribution in [0.15, 0.2) is 59.3 Å². The number of hydrogen-bond donors (Lipinski definition) is 0. The predicted molar refractivity (Wildman–Crippen MR) is 87.8 cm³/mol. The minimum Gasteiger partial charge on any atom is -0.332 e. The Kier molecular flexibility index (Phi) is 3.54. The molecule has 1 saturated carbocycles. The zero-order chi connectivity index (χ0) is 15.6. The minimum atomic E-state index is 0.192. The second-order valence-corrected chi connectivity index (χ2v) is 5.91. The van der Waals surface area contributed by atoms with Crippen molar-refractivity contribution in [3.05, 3.63) is 60.4 Å². The van der Waals surface area contributed by atoms with E-state index in [1.54, 1.807) is 0 Å². The van der Waals surface area contributed by atoms with Crippen LogP contribution in [-0.2, 0) is 0 Å². The summed E-state index contributed by atoms with van der Waals surface area (Å²) in [6.45, 7) is 0. The largest absolute Gasteiger partial charge is 0.332 e. The van der Waals surface area contributed by atoms with Gasteiger partial charge in [0.15, 0.2) is 0 Å². The van der Waals surface area contributed by atoms with Crippen molar-refractivity contribution < 1.29 is 4.52 Å². The molecule has 1 aliphatic rings. The zero-order valence-electron chi connectivity index (χ0n) is 13.0. The van der Waals surface area contributed by atoms with Gasteiger partial charge in [-0.25, -0.2) is 0 Å². The monoisotopic (exact) mass is 306 g/mol. The number of benzene rings is 1. The molecule has 0 amide bonds. The van der Waals surface area contributed by atoms with Gasteiger partial charge in [0.2, 0.25) is 0 Å². The maximum atomic E-state index is 5.43. The van der Waals surface area contributed by atoms with Crippen molar-refractivity contribution in [2.24, 2.45) is 5.92 Å². The highest BCUT2D eigenvalue weighted by Gasteiger charge is 2.37. The second-order valence-electron chi connectivity index (χ2n) is 5.91. The van der Waals surface area contributed by atoms with Gasteiger partial charge in [0.05, 0.1) is 11.7 Å². The smallest absolute Gasteiger partial charge is 0.266 e. The van der Waals surface area contributed by atoms with E-state index in [2.05, 4.69) is 26.1 Å². The SMILES string of the molecule is CN(c1noc(-c2ccccc2)n1)C(c1ccccn1)C1CC1. The van der Waals surface area contributed by atoms with Gasteiger partial charge in [0.1, 0.15) is 0 Å². The molecule has 0 radical (unpaired) electrons. The van der Waals surface area contributed by atoms with Gasteiger partial charge in [0, 0.05) is 18.8 Å². The van der Waals surface area contributed by atoms with Crippen LogP contribution in [0.3, 0.4) is 0 Å². The molecule has 1 unspecified atom stereocenters. The van der Waals surface area contributed by atoms with Gasteiger partial charge in [-0.1, -0.05) is 24.3 Å². The summed E-state index contributed by atoms with van der Waals surface area (Å²) in [5.41, 5.74) is 1.99. The summed E-state index contributed by atoms with van der Waals surface area (Å²) < 4.78 is 5.43. The Morgan fingerprint density at radius 2 is 1.87 bits per heavy atom. The fourth-order valence-electron chi connectivity index (χ4n) is 2.90. The van der Waals surface area contributed by atoms with Gasteiger partial charge < -0.3 is 9.42 Å². The van der Waals surface area contributed by atoms with E-state index in [1.165, 1.54) is 12.8 Å². The Hall–Kier alpha value is -2.69. The molecule has 0 saturated heterocycles. The maximum absolute atomic E-state index is 5.43. The van der Waals surface area contributed by atoms with Crippen molar-refractivity contribution >= 4 is 5.95 Å². The van der Waals surface area contributed by atoms with E-state index in [1.807, 2.05) is 55.7 Å². The number of anilines is 1. The summed E-state index contributed by atoms with van der Waals surface area (Å²) in [7, 11) is 2.01. The molecule has 116 valence electrons. The van der Waals surface area contributed by atoms with E-state index in [0.29, 0.717) is 17.8 Å². The van der Waals surface area contributed by atoms with E-state index < -0.39 is 0 Å². The molecule has 1 atom stereocenters. The number of pyridine rings is 1. The third-order valence-corrected chi connectivity index (χ3v) is 4.23.